The molecule has 31 heavy (non-hydrogen) atoms. The van der Waals surface area contributed by atoms with E-state index < -0.39 is 21.3 Å². The number of rotatable bonds is 5. The lowest BCUT2D eigenvalue weighted by molar-refractivity contribution is 0.287. The molecule has 166 valence electrons. The molecule has 0 aliphatic carbocycles. The summed E-state index contributed by atoms with van der Waals surface area (Å²) in [5.41, 5.74) is 1.80. The number of aromatic nitrogens is 5. The van der Waals surface area contributed by atoms with Gasteiger partial charge in [-0.25, -0.2) is 27.8 Å². The Balaban J connectivity index is 1.55. The van der Waals surface area contributed by atoms with Gasteiger partial charge in [-0.2, -0.15) is 4.98 Å². The molecule has 0 radical (unpaired) electrons. The summed E-state index contributed by atoms with van der Waals surface area (Å²) < 4.78 is 40.1. The summed E-state index contributed by atoms with van der Waals surface area (Å²) in [6.07, 6.45) is 3.11. The molecule has 0 amide bonds. The Labute approximate surface area is 180 Å². The summed E-state index contributed by atoms with van der Waals surface area (Å²) in [4.78, 5) is 19.4. The van der Waals surface area contributed by atoms with Crippen LogP contribution in [0.4, 0.5) is 22.0 Å². The Bertz CT molecular complexity index is 1210. The third-order valence-corrected chi connectivity index (χ3v) is 7.11. The number of anilines is 3. The van der Waals surface area contributed by atoms with Crippen molar-refractivity contribution in [3.05, 3.63) is 30.4 Å². The molecule has 1 fully saturated rings. The van der Waals surface area contributed by atoms with E-state index in [2.05, 4.69) is 43.7 Å². The van der Waals surface area contributed by atoms with Gasteiger partial charge in [-0.15, -0.1) is 0 Å². The van der Waals surface area contributed by atoms with Gasteiger partial charge in [-0.1, -0.05) is 0 Å². The van der Waals surface area contributed by atoms with E-state index in [0.29, 0.717) is 24.1 Å². The van der Waals surface area contributed by atoms with Crippen LogP contribution in [0.15, 0.2) is 24.5 Å². The zero-order chi connectivity index (χ0) is 22.3. The van der Waals surface area contributed by atoms with Crippen LogP contribution in [-0.2, 0) is 9.84 Å². The SMILES string of the molecule is Cc1nc2cnc(Nc3ccnc(N4CC[C@@H](S(C)(=O)=O)[C@H](F)C4)n3)cc2n1C(C)C. The van der Waals surface area contributed by atoms with Gasteiger partial charge in [-0.05, 0) is 33.3 Å². The van der Waals surface area contributed by atoms with Crippen LogP contribution in [0.3, 0.4) is 0 Å². The quantitative estimate of drug-likeness (QED) is 0.636. The summed E-state index contributed by atoms with van der Waals surface area (Å²) in [7, 11) is -3.43. The molecule has 11 heteroatoms. The molecule has 0 spiro atoms. The van der Waals surface area contributed by atoms with Gasteiger partial charge in [0, 0.05) is 31.1 Å². The second-order valence-corrected chi connectivity index (χ2v) is 10.4. The van der Waals surface area contributed by atoms with Crippen LogP contribution in [0.5, 0.6) is 0 Å². The van der Waals surface area contributed by atoms with Crippen molar-refractivity contribution in [2.75, 3.05) is 29.6 Å². The van der Waals surface area contributed by atoms with Gasteiger partial charge in [0.1, 0.15) is 29.1 Å². The number of hydrogen-bond acceptors (Lipinski definition) is 8. The number of nitrogens with zero attached hydrogens (tertiary/aromatic N) is 6. The molecule has 1 saturated heterocycles. The van der Waals surface area contributed by atoms with Crippen LogP contribution in [0.1, 0.15) is 32.1 Å². The number of pyridine rings is 1. The molecule has 9 nitrogen and oxygen atoms in total. The van der Waals surface area contributed by atoms with E-state index in [9.17, 15) is 12.8 Å². The Morgan fingerprint density at radius 2 is 2.00 bits per heavy atom. The first kappa shape index (κ1) is 21.4. The lowest BCUT2D eigenvalue weighted by Crippen LogP contribution is -2.48. The van der Waals surface area contributed by atoms with Crippen molar-refractivity contribution in [2.45, 2.75) is 44.7 Å². The summed E-state index contributed by atoms with van der Waals surface area (Å²) in [5, 5.41) is 2.20. The topological polar surface area (TPSA) is 106 Å². The first-order valence-corrected chi connectivity index (χ1v) is 12.1. The monoisotopic (exact) mass is 447 g/mol. The average molecular weight is 448 g/mol. The number of aryl methyl sites for hydroxylation is 1. The number of piperidine rings is 1. The van der Waals surface area contributed by atoms with E-state index in [4.69, 9.17) is 0 Å². The molecule has 1 aliphatic heterocycles. The highest BCUT2D eigenvalue weighted by molar-refractivity contribution is 7.91. The highest BCUT2D eigenvalue weighted by atomic mass is 32.2. The molecule has 1 N–H and O–H groups in total. The Kier molecular flexibility index (Phi) is 5.54. The molecule has 1 aliphatic rings. The predicted octanol–water partition coefficient (Wildman–Crippen LogP) is 2.82. The molecule has 0 saturated carbocycles. The lowest BCUT2D eigenvalue weighted by atomic mass is 10.1. The minimum atomic E-state index is -3.43. The fourth-order valence-electron chi connectivity index (χ4n) is 4.09. The highest BCUT2D eigenvalue weighted by Crippen LogP contribution is 2.26. The Hall–Kier alpha value is -2.82. The van der Waals surface area contributed by atoms with E-state index in [-0.39, 0.29) is 19.0 Å². The van der Waals surface area contributed by atoms with E-state index in [1.807, 2.05) is 13.0 Å². The first-order chi connectivity index (χ1) is 14.6. The lowest BCUT2D eigenvalue weighted by Gasteiger charge is -2.33. The summed E-state index contributed by atoms with van der Waals surface area (Å²) in [5.74, 6) is 2.40. The molecule has 2 atom stereocenters. The van der Waals surface area contributed by atoms with E-state index in [0.717, 1.165) is 23.1 Å². The number of sulfone groups is 1. The Morgan fingerprint density at radius 1 is 1.23 bits per heavy atom. The maximum absolute atomic E-state index is 14.5. The number of halogens is 1. The zero-order valence-electron chi connectivity index (χ0n) is 17.9. The van der Waals surface area contributed by atoms with Crippen LogP contribution in [0, 0.1) is 6.92 Å². The second kappa shape index (κ2) is 8.03. The molecular formula is C20H26FN7O2S. The van der Waals surface area contributed by atoms with Crippen molar-refractivity contribution >= 4 is 38.5 Å². The van der Waals surface area contributed by atoms with Gasteiger partial charge in [0.15, 0.2) is 9.84 Å². The maximum Gasteiger partial charge on any atom is 0.227 e. The maximum atomic E-state index is 14.5. The second-order valence-electron chi connectivity index (χ2n) is 8.17. The van der Waals surface area contributed by atoms with Crippen molar-refractivity contribution < 1.29 is 12.8 Å². The van der Waals surface area contributed by atoms with Gasteiger partial charge in [-0.3, -0.25) is 0 Å². The molecule has 0 aromatic carbocycles. The fourth-order valence-corrected chi connectivity index (χ4v) is 5.24. The minimum absolute atomic E-state index is 0.0573. The average Bonchev–Trinajstić information content (AvgIpc) is 3.02. The van der Waals surface area contributed by atoms with Crippen molar-refractivity contribution in [1.82, 2.24) is 24.5 Å². The third-order valence-electron chi connectivity index (χ3n) is 5.48. The van der Waals surface area contributed by atoms with Crippen molar-refractivity contribution in [3.8, 4) is 0 Å². The fraction of sp³-hybridized carbons (Fsp3) is 0.500. The molecule has 0 bridgehead atoms. The molecule has 3 aromatic heterocycles. The van der Waals surface area contributed by atoms with Crippen LogP contribution in [0.2, 0.25) is 0 Å². The van der Waals surface area contributed by atoms with Gasteiger partial charge in [0.25, 0.3) is 0 Å². The number of alkyl halides is 1. The number of nitrogens with one attached hydrogen (secondary N) is 1. The van der Waals surface area contributed by atoms with Crippen LogP contribution >= 0.6 is 0 Å². The smallest absolute Gasteiger partial charge is 0.227 e. The van der Waals surface area contributed by atoms with E-state index >= 15 is 0 Å². The summed E-state index contributed by atoms with van der Waals surface area (Å²) in [6.45, 7) is 6.48. The molecule has 4 rings (SSSR count). The predicted molar refractivity (Wildman–Crippen MR) is 118 cm³/mol. The molecule has 4 heterocycles. The van der Waals surface area contributed by atoms with Gasteiger partial charge >= 0.3 is 0 Å². The van der Waals surface area contributed by atoms with Crippen LogP contribution in [-0.4, -0.2) is 63.7 Å². The van der Waals surface area contributed by atoms with Crippen molar-refractivity contribution in [3.63, 3.8) is 0 Å². The van der Waals surface area contributed by atoms with Crippen molar-refractivity contribution in [2.24, 2.45) is 0 Å². The van der Waals surface area contributed by atoms with Gasteiger partial charge < -0.3 is 14.8 Å². The normalized spacial score (nSPS) is 19.9. The standard InChI is InChI=1S/C20H26FN7O2S/c1-12(2)28-13(3)24-15-10-23-19(9-16(15)28)25-18-5-7-22-20(26-18)27-8-6-17(14(21)11-27)31(4,29)30/h5,7,9-10,12,14,17H,6,8,11H2,1-4H3,(H,22,23,25,26)/t14-,17-/m1/s1. The van der Waals surface area contributed by atoms with Gasteiger partial charge in [0.2, 0.25) is 5.95 Å². The highest BCUT2D eigenvalue weighted by Gasteiger charge is 2.36. The molecule has 0 unspecified atom stereocenters. The largest absolute Gasteiger partial charge is 0.338 e. The Morgan fingerprint density at radius 3 is 2.68 bits per heavy atom. The summed E-state index contributed by atoms with van der Waals surface area (Å²) >= 11 is 0. The molecular weight excluding hydrogens is 421 g/mol. The minimum Gasteiger partial charge on any atom is -0.338 e. The van der Waals surface area contributed by atoms with Crippen LogP contribution < -0.4 is 10.2 Å². The number of hydrogen-bond donors (Lipinski definition) is 1. The third kappa shape index (κ3) is 4.32. The van der Waals surface area contributed by atoms with Crippen LogP contribution in [0.25, 0.3) is 11.0 Å². The molecule has 3 aromatic rings. The van der Waals surface area contributed by atoms with Crippen molar-refractivity contribution in [1.29, 1.82) is 0 Å². The number of fused-ring (bicyclic) bond motifs is 1. The van der Waals surface area contributed by atoms with E-state index in [1.54, 1.807) is 23.4 Å². The zero-order valence-corrected chi connectivity index (χ0v) is 18.8. The van der Waals surface area contributed by atoms with Gasteiger partial charge in [0.05, 0.1) is 23.5 Å². The summed E-state index contributed by atoms with van der Waals surface area (Å²) in [6, 6.07) is 3.89. The first-order valence-electron chi connectivity index (χ1n) is 10.2. The van der Waals surface area contributed by atoms with E-state index in [1.165, 1.54) is 0 Å². The number of imidazole rings is 1.